The largest absolute Gasteiger partial charge is 0.398 e. The zero-order valence-corrected chi connectivity index (χ0v) is 10.4. The highest BCUT2D eigenvalue weighted by molar-refractivity contribution is 7.89. The number of nitrogen functional groups attached to an aromatic ring is 1. The van der Waals surface area contributed by atoms with Crippen LogP contribution in [-0.4, -0.2) is 39.9 Å². The number of sulfonamides is 1. The number of hydrogen-bond donors (Lipinski definition) is 3. The van der Waals surface area contributed by atoms with Gasteiger partial charge in [-0.15, -0.1) is 0 Å². The van der Waals surface area contributed by atoms with E-state index in [1.807, 2.05) is 0 Å². The second-order valence-corrected chi connectivity index (χ2v) is 5.10. The van der Waals surface area contributed by atoms with Crippen molar-refractivity contribution in [3.05, 3.63) is 24.0 Å². The third-order valence-electron chi connectivity index (χ3n) is 2.04. The van der Waals surface area contributed by atoms with Crippen LogP contribution in [0.3, 0.4) is 0 Å². The average Bonchev–Trinajstić information content (AvgIpc) is 2.28. The molecular weight excluding hydrogens is 263 g/mol. The van der Waals surface area contributed by atoms with Gasteiger partial charge in [-0.05, 0) is 12.1 Å². The Bertz CT molecular complexity index is 472. The van der Waals surface area contributed by atoms with E-state index in [1.54, 1.807) is 0 Å². The number of aliphatic hydroxyl groups excluding tert-OH is 1. The molecule has 1 aromatic rings. The third-order valence-corrected chi connectivity index (χ3v) is 3.59. The second-order valence-electron chi connectivity index (χ2n) is 3.39. The summed E-state index contributed by atoms with van der Waals surface area (Å²) in [5, 5.41) is 8.45. The number of nitrogens with one attached hydrogen (secondary N) is 1. The lowest BCUT2D eigenvalue weighted by Crippen LogP contribution is -2.29. The SMILES string of the molecule is Nc1cccc(F)c1S(=O)(=O)NCCOCCO. The van der Waals surface area contributed by atoms with Gasteiger partial charge in [-0.3, -0.25) is 0 Å². The highest BCUT2D eigenvalue weighted by Crippen LogP contribution is 2.20. The minimum atomic E-state index is -4.00. The first-order valence-corrected chi connectivity index (χ1v) is 6.69. The van der Waals surface area contributed by atoms with Crippen LogP contribution in [0.5, 0.6) is 0 Å². The summed E-state index contributed by atoms with van der Waals surface area (Å²) < 4.78 is 44.0. The molecule has 0 aliphatic rings. The van der Waals surface area contributed by atoms with Crippen LogP contribution in [0.4, 0.5) is 10.1 Å². The van der Waals surface area contributed by atoms with E-state index in [1.165, 1.54) is 12.1 Å². The van der Waals surface area contributed by atoms with Crippen molar-refractivity contribution in [3.8, 4) is 0 Å². The summed E-state index contributed by atoms with van der Waals surface area (Å²) in [4.78, 5) is -0.563. The topological polar surface area (TPSA) is 102 Å². The van der Waals surface area contributed by atoms with Gasteiger partial charge in [0.05, 0.1) is 25.5 Å². The summed E-state index contributed by atoms with van der Waals surface area (Å²) in [5.74, 6) is -0.904. The van der Waals surface area contributed by atoms with Gasteiger partial charge in [-0.25, -0.2) is 17.5 Å². The lowest BCUT2D eigenvalue weighted by Gasteiger charge is -2.09. The first kappa shape index (κ1) is 14.8. The molecule has 0 aliphatic carbocycles. The van der Waals surface area contributed by atoms with Gasteiger partial charge in [0.1, 0.15) is 10.7 Å². The standard InChI is InChI=1S/C10H15FN2O4S/c11-8-2-1-3-9(12)10(8)18(15,16)13-4-6-17-7-5-14/h1-3,13-14H,4-7,12H2. The average molecular weight is 278 g/mol. The van der Waals surface area contributed by atoms with E-state index in [4.69, 9.17) is 15.6 Å². The van der Waals surface area contributed by atoms with Gasteiger partial charge in [-0.1, -0.05) is 6.07 Å². The zero-order valence-electron chi connectivity index (χ0n) is 9.60. The molecule has 0 spiro atoms. The fourth-order valence-corrected chi connectivity index (χ4v) is 2.50. The van der Waals surface area contributed by atoms with Crippen molar-refractivity contribution >= 4 is 15.7 Å². The fourth-order valence-electron chi connectivity index (χ4n) is 1.30. The van der Waals surface area contributed by atoms with Crippen LogP contribution < -0.4 is 10.5 Å². The highest BCUT2D eigenvalue weighted by atomic mass is 32.2. The molecule has 0 amide bonds. The number of benzene rings is 1. The molecule has 8 heteroatoms. The van der Waals surface area contributed by atoms with E-state index in [0.29, 0.717) is 0 Å². The molecule has 0 saturated carbocycles. The number of aliphatic hydroxyl groups is 1. The highest BCUT2D eigenvalue weighted by Gasteiger charge is 2.21. The number of ether oxygens (including phenoxy) is 1. The molecule has 0 fully saturated rings. The number of halogens is 1. The molecule has 0 heterocycles. The Morgan fingerprint density at radius 3 is 2.72 bits per heavy atom. The molecule has 1 rings (SSSR count). The lowest BCUT2D eigenvalue weighted by molar-refractivity contribution is 0.0961. The number of anilines is 1. The second kappa shape index (κ2) is 6.64. The third kappa shape index (κ3) is 3.91. The Morgan fingerprint density at radius 1 is 1.39 bits per heavy atom. The van der Waals surface area contributed by atoms with E-state index in [0.717, 1.165) is 6.07 Å². The Morgan fingerprint density at radius 2 is 2.11 bits per heavy atom. The molecule has 1 aromatic carbocycles. The van der Waals surface area contributed by atoms with Crippen molar-refractivity contribution in [2.24, 2.45) is 0 Å². The molecule has 0 aromatic heterocycles. The molecule has 0 radical (unpaired) electrons. The number of hydrogen-bond acceptors (Lipinski definition) is 5. The van der Waals surface area contributed by atoms with Crippen LogP contribution in [0, 0.1) is 5.82 Å². The monoisotopic (exact) mass is 278 g/mol. The summed E-state index contributed by atoms with van der Waals surface area (Å²) >= 11 is 0. The van der Waals surface area contributed by atoms with Crippen molar-refractivity contribution in [1.29, 1.82) is 0 Å². The molecule has 0 saturated heterocycles. The van der Waals surface area contributed by atoms with Gasteiger partial charge >= 0.3 is 0 Å². The fraction of sp³-hybridized carbons (Fsp3) is 0.400. The van der Waals surface area contributed by atoms with Crippen molar-refractivity contribution in [2.45, 2.75) is 4.90 Å². The molecule has 4 N–H and O–H groups in total. The predicted molar refractivity (Wildman–Crippen MR) is 63.9 cm³/mol. The van der Waals surface area contributed by atoms with Crippen molar-refractivity contribution in [3.63, 3.8) is 0 Å². The van der Waals surface area contributed by atoms with Gasteiger partial charge in [0.2, 0.25) is 10.0 Å². The molecule has 6 nitrogen and oxygen atoms in total. The van der Waals surface area contributed by atoms with Crippen LogP contribution in [0.2, 0.25) is 0 Å². The molecule has 0 bridgehead atoms. The lowest BCUT2D eigenvalue weighted by atomic mass is 10.3. The van der Waals surface area contributed by atoms with Gasteiger partial charge in [-0.2, -0.15) is 0 Å². The Labute approximate surface area is 105 Å². The van der Waals surface area contributed by atoms with Gasteiger partial charge in [0.25, 0.3) is 0 Å². The summed E-state index contributed by atoms with van der Waals surface area (Å²) in [5.41, 5.74) is 5.28. The molecule has 18 heavy (non-hydrogen) atoms. The first-order chi connectivity index (χ1) is 8.49. The van der Waals surface area contributed by atoms with Crippen LogP contribution in [-0.2, 0) is 14.8 Å². The molecule has 102 valence electrons. The van der Waals surface area contributed by atoms with Crippen molar-refractivity contribution in [2.75, 3.05) is 32.1 Å². The minimum absolute atomic E-state index is 0.0316. The molecule has 0 aliphatic heterocycles. The first-order valence-electron chi connectivity index (χ1n) is 5.21. The van der Waals surface area contributed by atoms with E-state index in [-0.39, 0.29) is 32.1 Å². The Hall–Kier alpha value is -1.22. The van der Waals surface area contributed by atoms with Crippen LogP contribution in [0.25, 0.3) is 0 Å². The molecular formula is C10H15FN2O4S. The van der Waals surface area contributed by atoms with Crippen LogP contribution in [0.15, 0.2) is 23.1 Å². The normalized spacial score (nSPS) is 11.7. The van der Waals surface area contributed by atoms with Crippen LogP contribution >= 0.6 is 0 Å². The molecule has 0 atom stereocenters. The van der Waals surface area contributed by atoms with E-state index >= 15 is 0 Å². The maximum absolute atomic E-state index is 13.4. The van der Waals surface area contributed by atoms with Crippen molar-refractivity contribution in [1.82, 2.24) is 4.72 Å². The van der Waals surface area contributed by atoms with Crippen molar-refractivity contribution < 1.29 is 22.7 Å². The van der Waals surface area contributed by atoms with E-state index in [2.05, 4.69) is 4.72 Å². The number of nitrogens with two attached hydrogens (primary N) is 1. The Balaban J connectivity index is 2.69. The van der Waals surface area contributed by atoms with Crippen LogP contribution in [0.1, 0.15) is 0 Å². The smallest absolute Gasteiger partial charge is 0.245 e. The van der Waals surface area contributed by atoms with E-state index in [9.17, 15) is 12.8 Å². The van der Waals surface area contributed by atoms with Gasteiger partial charge in [0.15, 0.2) is 0 Å². The summed E-state index contributed by atoms with van der Waals surface area (Å²) in [6.07, 6.45) is 0. The molecule has 0 unspecified atom stereocenters. The summed E-state index contributed by atoms with van der Waals surface area (Å²) in [6.45, 7) is 0.0147. The Kier molecular flexibility index (Phi) is 5.48. The van der Waals surface area contributed by atoms with Gasteiger partial charge < -0.3 is 15.6 Å². The maximum Gasteiger partial charge on any atom is 0.245 e. The predicted octanol–water partition coefficient (Wildman–Crippen LogP) is -0.305. The minimum Gasteiger partial charge on any atom is -0.398 e. The van der Waals surface area contributed by atoms with Gasteiger partial charge in [0, 0.05) is 6.54 Å². The maximum atomic E-state index is 13.4. The summed E-state index contributed by atoms with van der Waals surface area (Å²) in [6, 6.07) is 3.65. The number of rotatable bonds is 7. The zero-order chi connectivity index (χ0) is 13.6. The summed E-state index contributed by atoms with van der Waals surface area (Å²) in [7, 11) is -4.00. The van der Waals surface area contributed by atoms with E-state index < -0.39 is 20.7 Å². The quantitative estimate of drug-likeness (QED) is 0.469.